The zero-order valence-corrected chi connectivity index (χ0v) is 7.53. The van der Waals surface area contributed by atoms with Gasteiger partial charge >= 0.3 is 5.97 Å². The Hall–Kier alpha value is -1.82. The molecule has 3 nitrogen and oxygen atoms in total. The molecule has 1 unspecified atom stereocenters. The molecule has 3 heteroatoms. The summed E-state index contributed by atoms with van der Waals surface area (Å²) in [7, 11) is 0. The van der Waals surface area contributed by atoms with Gasteiger partial charge in [-0.25, -0.2) is 9.79 Å². The van der Waals surface area contributed by atoms with E-state index in [1.165, 1.54) is 0 Å². The molecule has 0 radical (unpaired) electrons. The van der Waals surface area contributed by atoms with Crippen molar-refractivity contribution in [1.82, 2.24) is 0 Å². The van der Waals surface area contributed by atoms with Crippen LogP contribution in [-0.2, 0) is 4.79 Å². The number of fused-ring (bicyclic) bond motifs is 1. The second-order valence-electron chi connectivity index (χ2n) is 3.22. The van der Waals surface area contributed by atoms with E-state index in [4.69, 9.17) is 5.11 Å². The van der Waals surface area contributed by atoms with Gasteiger partial charge in [-0.3, -0.25) is 0 Å². The summed E-state index contributed by atoms with van der Waals surface area (Å²) in [6, 6.07) is 0. The molecule has 1 aliphatic carbocycles. The van der Waals surface area contributed by atoms with Gasteiger partial charge < -0.3 is 5.11 Å². The maximum atomic E-state index is 10.7. The van der Waals surface area contributed by atoms with Gasteiger partial charge in [0.25, 0.3) is 0 Å². The Balaban J connectivity index is 2.30. The molecule has 1 heterocycles. The van der Waals surface area contributed by atoms with Crippen molar-refractivity contribution in [1.29, 1.82) is 0 Å². The Kier molecular flexibility index (Phi) is 2.19. The predicted molar refractivity (Wildman–Crippen MR) is 52.8 cm³/mol. The highest BCUT2D eigenvalue weighted by Gasteiger charge is 2.20. The molecule has 0 saturated carbocycles. The van der Waals surface area contributed by atoms with Gasteiger partial charge in [0.15, 0.2) is 0 Å². The molecule has 2 rings (SSSR count). The Labute approximate surface area is 81.8 Å². The fourth-order valence-corrected chi connectivity index (χ4v) is 1.52. The van der Waals surface area contributed by atoms with Crippen molar-refractivity contribution in [3.05, 3.63) is 23.9 Å². The first-order valence-corrected chi connectivity index (χ1v) is 4.44. The van der Waals surface area contributed by atoms with Crippen LogP contribution in [0.4, 0.5) is 0 Å². The van der Waals surface area contributed by atoms with Gasteiger partial charge in [0.1, 0.15) is 5.70 Å². The number of carboxylic acids is 1. The molecule has 0 aromatic rings. The zero-order chi connectivity index (χ0) is 9.97. The SMILES string of the molecule is O=C(O)C1=CCC2CC#CC=CC2=N1. The topological polar surface area (TPSA) is 49.7 Å². The quantitative estimate of drug-likeness (QED) is 0.630. The van der Waals surface area contributed by atoms with Gasteiger partial charge in [-0.2, -0.15) is 0 Å². The maximum absolute atomic E-state index is 10.7. The molecule has 1 N–H and O–H groups in total. The molecule has 0 fully saturated rings. The van der Waals surface area contributed by atoms with Crippen molar-refractivity contribution in [2.45, 2.75) is 12.8 Å². The Morgan fingerprint density at radius 3 is 3.29 bits per heavy atom. The highest BCUT2D eigenvalue weighted by atomic mass is 16.4. The molecule has 14 heavy (non-hydrogen) atoms. The van der Waals surface area contributed by atoms with Crippen LogP contribution in [0.25, 0.3) is 0 Å². The summed E-state index contributed by atoms with van der Waals surface area (Å²) in [6.07, 6.45) is 6.68. The van der Waals surface area contributed by atoms with Crippen molar-refractivity contribution < 1.29 is 9.90 Å². The van der Waals surface area contributed by atoms with Gasteiger partial charge in [0, 0.05) is 18.1 Å². The molecule has 2 aliphatic rings. The Morgan fingerprint density at radius 2 is 2.50 bits per heavy atom. The van der Waals surface area contributed by atoms with Crippen molar-refractivity contribution >= 4 is 11.7 Å². The lowest BCUT2D eigenvalue weighted by Gasteiger charge is -2.16. The highest BCUT2D eigenvalue weighted by Crippen LogP contribution is 2.21. The summed E-state index contributed by atoms with van der Waals surface area (Å²) in [6.45, 7) is 0. The van der Waals surface area contributed by atoms with Crippen LogP contribution in [0.3, 0.4) is 0 Å². The number of hydrogen-bond acceptors (Lipinski definition) is 2. The predicted octanol–water partition coefficient (Wildman–Crippen LogP) is 1.38. The molecule has 1 aliphatic heterocycles. The van der Waals surface area contributed by atoms with E-state index < -0.39 is 5.97 Å². The monoisotopic (exact) mass is 187 g/mol. The Morgan fingerprint density at radius 1 is 1.64 bits per heavy atom. The number of aliphatic imine (C=N–C) groups is 1. The molecule has 0 amide bonds. The van der Waals surface area contributed by atoms with E-state index in [1.54, 1.807) is 18.2 Å². The second-order valence-corrected chi connectivity index (χ2v) is 3.22. The maximum Gasteiger partial charge on any atom is 0.354 e. The van der Waals surface area contributed by atoms with E-state index in [9.17, 15) is 4.79 Å². The Bertz CT molecular complexity index is 418. The fraction of sp³-hybridized carbons (Fsp3) is 0.273. The molecular formula is C11H9NO2. The van der Waals surface area contributed by atoms with E-state index in [2.05, 4.69) is 16.8 Å². The van der Waals surface area contributed by atoms with Crippen molar-refractivity contribution in [2.75, 3.05) is 0 Å². The number of hydrogen-bond donors (Lipinski definition) is 1. The van der Waals surface area contributed by atoms with Gasteiger partial charge in [0.2, 0.25) is 0 Å². The number of carboxylic acid groups (broad SMARTS) is 1. The van der Waals surface area contributed by atoms with Gasteiger partial charge in [-0.05, 0) is 18.6 Å². The summed E-state index contributed by atoms with van der Waals surface area (Å²) >= 11 is 0. The third-order valence-corrected chi connectivity index (χ3v) is 2.27. The molecule has 0 bridgehead atoms. The van der Waals surface area contributed by atoms with Crippen LogP contribution < -0.4 is 0 Å². The lowest BCUT2D eigenvalue weighted by molar-refractivity contribution is -0.132. The lowest BCUT2D eigenvalue weighted by atomic mass is 9.93. The first-order chi connectivity index (χ1) is 6.77. The molecule has 1 atom stereocenters. The van der Waals surface area contributed by atoms with Crippen LogP contribution >= 0.6 is 0 Å². The van der Waals surface area contributed by atoms with Crippen LogP contribution in [0.2, 0.25) is 0 Å². The minimum absolute atomic E-state index is 0.141. The van der Waals surface area contributed by atoms with E-state index >= 15 is 0 Å². The standard InChI is InChI=1S/C11H9NO2/c13-11(14)10-7-6-8-4-2-1-3-5-9(8)12-10/h3,5,7-8H,4,6H2,(H,13,14). The number of aliphatic carboxylic acids is 1. The first-order valence-electron chi connectivity index (χ1n) is 4.44. The minimum Gasteiger partial charge on any atom is -0.477 e. The zero-order valence-electron chi connectivity index (χ0n) is 7.53. The number of nitrogens with zero attached hydrogens (tertiary/aromatic N) is 1. The van der Waals surface area contributed by atoms with Gasteiger partial charge in [-0.1, -0.05) is 17.9 Å². The smallest absolute Gasteiger partial charge is 0.354 e. The molecular weight excluding hydrogens is 178 g/mol. The summed E-state index contributed by atoms with van der Waals surface area (Å²) in [5.74, 6) is 5.17. The molecule has 0 aromatic carbocycles. The van der Waals surface area contributed by atoms with E-state index in [0.717, 1.165) is 18.6 Å². The van der Waals surface area contributed by atoms with Crippen LogP contribution in [0.5, 0.6) is 0 Å². The average Bonchev–Trinajstić information content (AvgIpc) is 2.41. The van der Waals surface area contributed by atoms with Crippen LogP contribution in [0, 0.1) is 17.8 Å². The summed E-state index contributed by atoms with van der Waals surface area (Å²) in [4.78, 5) is 14.8. The summed E-state index contributed by atoms with van der Waals surface area (Å²) in [5.41, 5.74) is 0.963. The second kappa shape index (κ2) is 3.51. The minimum atomic E-state index is -0.963. The molecule has 70 valence electrons. The lowest BCUT2D eigenvalue weighted by Crippen LogP contribution is -2.17. The van der Waals surface area contributed by atoms with E-state index in [1.807, 2.05) is 0 Å². The van der Waals surface area contributed by atoms with Crippen LogP contribution in [0.15, 0.2) is 28.9 Å². The van der Waals surface area contributed by atoms with Crippen molar-refractivity contribution in [2.24, 2.45) is 10.9 Å². The van der Waals surface area contributed by atoms with E-state index in [-0.39, 0.29) is 11.6 Å². The number of allylic oxidation sites excluding steroid dienone is 3. The number of rotatable bonds is 1. The molecule has 0 spiro atoms. The van der Waals surface area contributed by atoms with Crippen LogP contribution in [0.1, 0.15) is 12.8 Å². The summed E-state index contributed by atoms with van der Waals surface area (Å²) in [5, 5.41) is 8.77. The van der Waals surface area contributed by atoms with Crippen LogP contribution in [-0.4, -0.2) is 16.8 Å². The van der Waals surface area contributed by atoms with Gasteiger partial charge in [0.05, 0.1) is 0 Å². The normalized spacial score (nSPS) is 23.6. The molecule has 0 aromatic heterocycles. The third-order valence-electron chi connectivity index (χ3n) is 2.27. The average molecular weight is 187 g/mol. The molecule has 0 saturated heterocycles. The van der Waals surface area contributed by atoms with Crippen molar-refractivity contribution in [3.63, 3.8) is 0 Å². The fourth-order valence-electron chi connectivity index (χ4n) is 1.52. The largest absolute Gasteiger partial charge is 0.477 e. The highest BCUT2D eigenvalue weighted by molar-refractivity contribution is 6.02. The number of carbonyl (C=O) groups is 1. The van der Waals surface area contributed by atoms with Crippen molar-refractivity contribution in [3.8, 4) is 11.8 Å². The summed E-state index contributed by atoms with van der Waals surface area (Å²) < 4.78 is 0. The third kappa shape index (κ3) is 1.60. The van der Waals surface area contributed by atoms with E-state index in [0.29, 0.717) is 0 Å². The first kappa shape index (κ1) is 8.76. The van der Waals surface area contributed by atoms with Gasteiger partial charge in [-0.15, -0.1) is 0 Å².